The average Bonchev–Trinajstić information content (AvgIpc) is 2.48. The molecule has 0 aliphatic heterocycles. The molecule has 0 aliphatic carbocycles. The van der Waals surface area contributed by atoms with E-state index >= 15 is 0 Å². The number of nitrogens with two attached hydrogens (primary N) is 1. The molecule has 0 bridgehead atoms. The fourth-order valence-electron chi connectivity index (χ4n) is 1.95. The molecule has 4 heteroatoms. The highest BCUT2D eigenvalue weighted by Gasteiger charge is 2.07. The summed E-state index contributed by atoms with van der Waals surface area (Å²) in [6.45, 7) is 0. The average molecular weight is 280 g/mol. The predicted molar refractivity (Wildman–Crippen MR) is 84.1 cm³/mol. The first-order valence-corrected chi connectivity index (χ1v) is 6.57. The van der Waals surface area contributed by atoms with Crippen LogP contribution in [0, 0.1) is 0 Å². The van der Waals surface area contributed by atoms with Crippen LogP contribution in [0.2, 0.25) is 0 Å². The zero-order valence-electron chi connectivity index (χ0n) is 10.6. The van der Waals surface area contributed by atoms with E-state index in [-0.39, 0.29) is 4.99 Å². The molecular formula is C16H12N2OS. The summed E-state index contributed by atoms with van der Waals surface area (Å²) in [6.07, 6.45) is 0. The van der Waals surface area contributed by atoms with Gasteiger partial charge in [-0.25, -0.2) is 4.98 Å². The summed E-state index contributed by atoms with van der Waals surface area (Å²) in [6, 6.07) is 19.1. The number of aromatic nitrogens is 1. The van der Waals surface area contributed by atoms with Crippen molar-refractivity contribution in [1.29, 1.82) is 0 Å². The van der Waals surface area contributed by atoms with E-state index in [0.29, 0.717) is 11.4 Å². The van der Waals surface area contributed by atoms with Crippen LogP contribution in [-0.2, 0) is 0 Å². The number of ether oxygens (including phenoxy) is 1. The van der Waals surface area contributed by atoms with Crippen LogP contribution in [0.3, 0.4) is 0 Å². The molecule has 0 atom stereocenters. The minimum absolute atomic E-state index is 0.279. The van der Waals surface area contributed by atoms with Crippen molar-refractivity contribution in [2.24, 2.45) is 5.73 Å². The number of nitrogens with zero attached hydrogens (tertiary/aromatic N) is 1. The summed E-state index contributed by atoms with van der Waals surface area (Å²) in [5.41, 5.74) is 6.98. The Morgan fingerprint density at radius 1 is 0.950 bits per heavy atom. The molecule has 0 unspecified atom stereocenters. The SMILES string of the molecule is NC(=S)c1ccc2cccc(Oc3ccccc3)c2n1. The molecule has 0 amide bonds. The van der Waals surface area contributed by atoms with Crippen LogP contribution >= 0.6 is 12.2 Å². The molecule has 1 heterocycles. The first-order valence-electron chi connectivity index (χ1n) is 6.16. The van der Waals surface area contributed by atoms with Crippen LogP contribution in [0.5, 0.6) is 11.5 Å². The Bertz CT molecular complexity index is 772. The quantitative estimate of drug-likeness (QED) is 0.744. The maximum atomic E-state index is 5.88. The Morgan fingerprint density at radius 2 is 1.75 bits per heavy atom. The van der Waals surface area contributed by atoms with E-state index in [9.17, 15) is 0 Å². The lowest BCUT2D eigenvalue weighted by molar-refractivity contribution is 0.487. The van der Waals surface area contributed by atoms with Gasteiger partial charge in [-0.3, -0.25) is 0 Å². The van der Waals surface area contributed by atoms with E-state index in [1.54, 1.807) is 0 Å². The molecule has 2 aromatic carbocycles. The third kappa shape index (κ3) is 2.46. The van der Waals surface area contributed by atoms with Crippen molar-refractivity contribution in [1.82, 2.24) is 4.98 Å². The Morgan fingerprint density at radius 3 is 2.50 bits per heavy atom. The second kappa shape index (κ2) is 5.27. The largest absolute Gasteiger partial charge is 0.455 e. The second-order valence-electron chi connectivity index (χ2n) is 4.30. The maximum Gasteiger partial charge on any atom is 0.153 e. The summed E-state index contributed by atoms with van der Waals surface area (Å²) in [4.78, 5) is 4.76. The fraction of sp³-hybridized carbons (Fsp3) is 0. The van der Waals surface area contributed by atoms with Crippen molar-refractivity contribution in [3.05, 3.63) is 66.4 Å². The molecule has 1 aromatic heterocycles. The van der Waals surface area contributed by atoms with Crippen LogP contribution in [0.4, 0.5) is 0 Å². The van der Waals surface area contributed by atoms with Gasteiger partial charge in [0.2, 0.25) is 0 Å². The molecule has 0 spiro atoms. The minimum atomic E-state index is 0.279. The van der Waals surface area contributed by atoms with Crippen molar-refractivity contribution < 1.29 is 4.74 Å². The van der Waals surface area contributed by atoms with Gasteiger partial charge in [0.1, 0.15) is 16.3 Å². The molecule has 3 aromatic rings. The van der Waals surface area contributed by atoms with Crippen LogP contribution in [0.25, 0.3) is 10.9 Å². The lowest BCUT2D eigenvalue weighted by Gasteiger charge is -2.09. The molecule has 0 fully saturated rings. The van der Waals surface area contributed by atoms with Crippen LogP contribution in [-0.4, -0.2) is 9.97 Å². The van der Waals surface area contributed by atoms with Gasteiger partial charge in [-0.05, 0) is 24.3 Å². The van der Waals surface area contributed by atoms with Crippen molar-refractivity contribution >= 4 is 28.1 Å². The Kier molecular flexibility index (Phi) is 3.31. The minimum Gasteiger partial charge on any atom is -0.455 e. The molecular weight excluding hydrogens is 268 g/mol. The van der Waals surface area contributed by atoms with Gasteiger partial charge in [0.15, 0.2) is 5.75 Å². The Balaban J connectivity index is 2.10. The molecule has 3 rings (SSSR count). The highest BCUT2D eigenvalue weighted by Crippen LogP contribution is 2.28. The van der Waals surface area contributed by atoms with Gasteiger partial charge in [0.25, 0.3) is 0 Å². The summed E-state index contributed by atoms with van der Waals surface area (Å²) in [7, 11) is 0. The van der Waals surface area contributed by atoms with Crippen molar-refractivity contribution in [3.63, 3.8) is 0 Å². The van der Waals surface area contributed by atoms with Crippen LogP contribution in [0.15, 0.2) is 60.7 Å². The van der Waals surface area contributed by atoms with Gasteiger partial charge in [-0.2, -0.15) is 0 Å². The van der Waals surface area contributed by atoms with Gasteiger partial charge in [0, 0.05) is 5.39 Å². The molecule has 3 nitrogen and oxygen atoms in total. The van der Waals surface area contributed by atoms with Crippen molar-refractivity contribution in [2.45, 2.75) is 0 Å². The van der Waals surface area contributed by atoms with Gasteiger partial charge < -0.3 is 10.5 Å². The molecule has 98 valence electrons. The molecule has 2 N–H and O–H groups in total. The number of pyridine rings is 1. The monoisotopic (exact) mass is 280 g/mol. The number of fused-ring (bicyclic) bond motifs is 1. The molecule has 0 saturated heterocycles. The van der Waals surface area contributed by atoms with Gasteiger partial charge in [-0.1, -0.05) is 48.6 Å². The first kappa shape index (κ1) is 12.6. The zero-order chi connectivity index (χ0) is 13.9. The van der Waals surface area contributed by atoms with Gasteiger partial charge in [-0.15, -0.1) is 0 Å². The van der Waals surface area contributed by atoms with Crippen molar-refractivity contribution in [3.8, 4) is 11.5 Å². The van der Waals surface area contributed by atoms with E-state index in [1.807, 2.05) is 60.7 Å². The van der Waals surface area contributed by atoms with Crippen molar-refractivity contribution in [2.75, 3.05) is 0 Å². The van der Waals surface area contributed by atoms with Crippen LogP contribution in [0.1, 0.15) is 5.69 Å². The Labute approximate surface area is 122 Å². The summed E-state index contributed by atoms with van der Waals surface area (Å²) < 4.78 is 5.88. The first-order chi connectivity index (χ1) is 9.74. The topological polar surface area (TPSA) is 48.1 Å². The number of benzene rings is 2. The summed E-state index contributed by atoms with van der Waals surface area (Å²) >= 11 is 4.97. The lowest BCUT2D eigenvalue weighted by Crippen LogP contribution is -2.11. The lowest BCUT2D eigenvalue weighted by atomic mass is 10.2. The van der Waals surface area contributed by atoms with E-state index in [4.69, 9.17) is 22.7 Å². The fourth-order valence-corrected chi connectivity index (χ4v) is 2.07. The standard InChI is InChI=1S/C16H12N2OS/c17-16(20)13-10-9-11-5-4-8-14(15(11)18-13)19-12-6-2-1-3-7-12/h1-10H,(H2,17,20). The number of hydrogen-bond donors (Lipinski definition) is 1. The second-order valence-corrected chi connectivity index (χ2v) is 4.74. The normalized spacial score (nSPS) is 10.4. The van der Waals surface area contributed by atoms with E-state index in [0.717, 1.165) is 16.7 Å². The van der Waals surface area contributed by atoms with E-state index in [1.165, 1.54) is 0 Å². The summed E-state index contributed by atoms with van der Waals surface area (Å²) in [5.74, 6) is 1.45. The summed E-state index contributed by atoms with van der Waals surface area (Å²) in [5, 5.41) is 0.985. The third-order valence-corrected chi connectivity index (χ3v) is 3.12. The maximum absolute atomic E-state index is 5.88. The van der Waals surface area contributed by atoms with Gasteiger partial charge in [0.05, 0.1) is 5.69 Å². The number of para-hydroxylation sites is 2. The molecule has 20 heavy (non-hydrogen) atoms. The molecule has 0 saturated carbocycles. The predicted octanol–water partition coefficient (Wildman–Crippen LogP) is 3.66. The third-order valence-electron chi connectivity index (χ3n) is 2.91. The smallest absolute Gasteiger partial charge is 0.153 e. The highest BCUT2D eigenvalue weighted by molar-refractivity contribution is 7.80. The van der Waals surface area contributed by atoms with E-state index < -0.39 is 0 Å². The van der Waals surface area contributed by atoms with E-state index in [2.05, 4.69) is 4.98 Å². The highest BCUT2D eigenvalue weighted by atomic mass is 32.1. The molecule has 0 aliphatic rings. The Hall–Kier alpha value is -2.46. The number of thiocarbonyl (C=S) groups is 1. The number of hydrogen-bond acceptors (Lipinski definition) is 3. The molecule has 0 radical (unpaired) electrons. The van der Waals surface area contributed by atoms with Gasteiger partial charge >= 0.3 is 0 Å². The zero-order valence-corrected chi connectivity index (χ0v) is 11.4. The van der Waals surface area contributed by atoms with Crippen LogP contribution < -0.4 is 10.5 Å². The number of rotatable bonds is 3.